The number of aromatic nitrogens is 3. The molecular formula is C16H20N4O3. The van der Waals surface area contributed by atoms with Crippen LogP contribution in [0, 0.1) is 5.41 Å². The predicted molar refractivity (Wildman–Crippen MR) is 85.7 cm³/mol. The lowest BCUT2D eigenvalue weighted by molar-refractivity contribution is -0.139. The third-order valence-corrected chi connectivity index (χ3v) is 3.30. The molecule has 0 spiro atoms. The van der Waals surface area contributed by atoms with E-state index in [1.165, 1.54) is 0 Å². The Hall–Kier alpha value is -2.70. The van der Waals surface area contributed by atoms with Crippen LogP contribution in [-0.2, 0) is 16.6 Å². The molecule has 0 aliphatic rings. The van der Waals surface area contributed by atoms with E-state index in [9.17, 15) is 9.59 Å². The molecule has 0 atom stereocenters. The highest BCUT2D eigenvalue weighted by molar-refractivity contribution is 5.91. The van der Waals surface area contributed by atoms with E-state index in [1.807, 2.05) is 12.1 Å². The summed E-state index contributed by atoms with van der Waals surface area (Å²) in [7, 11) is 1.80. The number of hydrogen-bond donors (Lipinski definition) is 2. The third-order valence-electron chi connectivity index (χ3n) is 3.30. The number of nitrogens with one attached hydrogen (secondary N) is 1. The molecule has 1 heterocycles. The summed E-state index contributed by atoms with van der Waals surface area (Å²) in [6.07, 6.45) is 1.71. The zero-order chi connectivity index (χ0) is 17.0. The Kier molecular flexibility index (Phi) is 4.78. The van der Waals surface area contributed by atoms with Gasteiger partial charge in [0.05, 0.1) is 6.42 Å². The van der Waals surface area contributed by atoms with Crippen LogP contribution < -0.4 is 5.32 Å². The van der Waals surface area contributed by atoms with Gasteiger partial charge in [0.25, 0.3) is 0 Å². The number of rotatable bonds is 6. The van der Waals surface area contributed by atoms with Gasteiger partial charge in [-0.05, 0) is 29.7 Å². The number of carboxylic acids is 1. The first kappa shape index (κ1) is 16.7. The van der Waals surface area contributed by atoms with Crippen molar-refractivity contribution >= 4 is 17.6 Å². The Bertz CT molecular complexity index is 704. The van der Waals surface area contributed by atoms with Gasteiger partial charge in [-0.1, -0.05) is 13.8 Å². The fourth-order valence-electron chi connectivity index (χ4n) is 2.29. The van der Waals surface area contributed by atoms with Crippen molar-refractivity contribution in [3.63, 3.8) is 0 Å². The van der Waals surface area contributed by atoms with Gasteiger partial charge in [0, 0.05) is 24.7 Å². The van der Waals surface area contributed by atoms with Gasteiger partial charge in [0.15, 0.2) is 5.82 Å². The molecule has 7 nitrogen and oxygen atoms in total. The van der Waals surface area contributed by atoms with Crippen LogP contribution in [0.4, 0.5) is 5.69 Å². The molecule has 0 aliphatic carbocycles. The van der Waals surface area contributed by atoms with Crippen LogP contribution in [0.3, 0.4) is 0 Å². The van der Waals surface area contributed by atoms with E-state index >= 15 is 0 Å². The average molecular weight is 316 g/mol. The van der Waals surface area contributed by atoms with Crippen molar-refractivity contribution in [1.29, 1.82) is 0 Å². The molecule has 0 saturated carbocycles. The molecule has 2 N–H and O–H groups in total. The average Bonchev–Trinajstić information content (AvgIpc) is 2.83. The summed E-state index contributed by atoms with van der Waals surface area (Å²) >= 11 is 0. The first-order valence-electron chi connectivity index (χ1n) is 7.23. The van der Waals surface area contributed by atoms with Crippen molar-refractivity contribution in [1.82, 2.24) is 14.8 Å². The molecule has 2 aromatic rings. The largest absolute Gasteiger partial charge is 0.481 e. The van der Waals surface area contributed by atoms with Crippen LogP contribution in [0.25, 0.3) is 11.4 Å². The van der Waals surface area contributed by atoms with Gasteiger partial charge in [0.1, 0.15) is 6.33 Å². The summed E-state index contributed by atoms with van der Waals surface area (Å²) in [5.74, 6) is -0.497. The van der Waals surface area contributed by atoms with Crippen LogP contribution in [0.1, 0.15) is 26.7 Å². The van der Waals surface area contributed by atoms with Gasteiger partial charge in [-0.2, -0.15) is 5.10 Å². The number of anilines is 1. The van der Waals surface area contributed by atoms with Gasteiger partial charge in [0.2, 0.25) is 5.91 Å². The molecule has 2 rings (SSSR count). The lowest BCUT2D eigenvalue weighted by Crippen LogP contribution is -2.24. The lowest BCUT2D eigenvalue weighted by Gasteiger charge is -2.21. The smallest absolute Gasteiger partial charge is 0.303 e. The van der Waals surface area contributed by atoms with E-state index in [0.717, 1.165) is 5.56 Å². The number of carbonyl (C=O) groups excluding carboxylic acids is 1. The molecule has 122 valence electrons. The summed E-state index contributed by atoms with van der Waals surface area (Å²) in [5, 5.41) is 15.8. The molecule has 0 aliphatic heterocycles. The molecule has 0 bridgehead atoms. The fourth-order valence-corrected chi connectivity index (χ4v) is 2.29. The number of aryl methyl sites for hydroxylation is 1. The molecule has 0 fully saturated rings. The number of carbonyl (C=O) groups is 2. The van der Waals surface area contributed by atoms with Crippen LogP contribution in [0.15, 0.2) is 30.6 Å². The number of nitrogens with zero attached hydrogens (tertiary/aromatic N) is 3. The highest BCUT2D eigenvalue weighted by Crippen LogP contribution is 2.26. The van der Waals surface area contributed by atoms with E-state index < -0.39 is 11.4 Å². The Morgan fingerprint density at radius 1 is 1.22 bits per heavy atom. The number of benzene rings is 1. The van der Waals surface area contributed by atoms with E-state index in [0.29, 0.717) is 11.5 Å². The summed E-state index contributed by atoms with van der Waals surface area (Å²) in [6, 6.07) is 7.20. The molecular weight excluding hydrogens is 296 g/mol. The highest BCUT2D eigenvalue weighted by atomic mass is 16.4. The summed E-state index contributed by atoms with van der Waals surface area (Å²) < 4.78 is 1.62. The van der Waals surface area contributed by atoms with E-state index in [4.69, 9.17) is 5.11 Å². The molecule has 1 aromatic heterocycles. The van der Waals surface area contributed by atoms with Crippen LogP contribution in [0.2, 0.25) is 0 Å². The standard InChI is InChI=1S/C16H20N4O3/c1-16(2,9-14(22)23)8-13(21)18-12-6-4-11(5-7-12)15-17-10-20(3)19-15/h4-7,10H,8-9H2,1-3H3,(H,18,21)(H,22,23). The van der Waals surface area contributed by atoms with Crippen molar-refractivity contribution in [2.75, 3.05) is 5.32 Å². The first-order chi connectivity index (χ1) is 10.7. The SMILES string of the molecule is Cn1cnc(-c2ccc(NC(=O)CC(C)(C)CC(=O)O)cc2)n1. The second kappa shape index (κ2) is 6.60. The van der Waals surface area contributed by atoms with Gasteiger partial charge >= 0.3 is 5.97 Å². The first-order valence-corrected chi connectivity index (χ1v) is 7.23. The summed E-state index contributed by atoms with van der Waals surface area (Å²) in [6.45, 7) is 3.52. The number of carboxylic acid groups (broad SMARTS) is 1. The quantitative estimate of drug-likeness (QED) is 0.852. The van der Waals surface area contributed by atoms with Gasteiger partial charge in [-0.3, -0.25) is 14.3 Å². The fraction of sp³-hybridized carbons (Fsp3) is 0.375. The second-order valence-corrected chi connectivity index (χ2v) is 6.28. The van der Waals surface area contributed by atoms with Crippen molar-refractivity contribution < 1.29 is 14.7 Å². The Labute approximate surface area is 134 Å². The van der Waals surface area contributed by atoms with Crippen molar-refractivity contribution in [2.24, 2.45) is 12.5 Å². The zero-order valence-corrected chi connectivity index (χ0v) is 13.4. The maximum atomic E-state index is 12.0. The van der Waals surface area contributed by atoms with Gasteiger partial charge < -0.3 is 10.4 Å². The summed E-state index contributed by atoms with van der Waals surface area (Å²) in [4.78, 5) is 27.0. The molecule has 1 amide bonds. The molecule has 7 heteroatoms. The molecule has 0 saturated heterocycles. The van der Waals surface area contributed by atoms with Crippen molar-refractivity contribution in [3.8, 4) is 11.4 Å². The number of amides is 1. The Morgan fingerprint density at radius 3 is 2.39 bits per heavy atom. The van der Waals surface area contributed by atoms with Crippen LogP contribution >= 0.6 is 0 Å². The molecule has 0 radical (unpaired) electrons. The number of aliphatic carboxylic acids is 1. The Balaban J connectivity index is 1.98. The van der Waals surface area contributed by atoms with Gasteiger partial charge in [-0.15, -0.1) is 0 Å². The molecule has 23 heavy (non-hydrogen) atoms. The maximum Gasteiger partial charge on any atom is 0.303 e. The van der Waals surface area contributed by atoms with Crippen LogP contribution in [-0.4, -0.2) is 31.7 Å². The third kappa shape index (κ3) is 4.91. The van der Waals surface area contributed by atoms with E-state index in [1.54, 1.807) is 44.0 Å². The Morgan fingerprint density at radius 2 is 1.87 bits per heavy atom. The van der Waals surface area contributed by atoms with Crippen molar-refractivity contribution in [3.05, 3.63) is 30.6 Å². The lowest BCUT2D eigenvalue weighted by atomic mass is 9.85. The van der Waals surface area contributed by atoms with E-state index in [-0.39, 0.29) is 18.7 Å². The van der Waals surface area contributed by atoms with Gasteiger partial charge in [-0.25, -0.2) is 4.98 Å². The van der Waals surface area contributed by atoms with E-state index in [2.05, 4.69) is 15.4 Å². The molecule has 1 aromatic carbocycles. The second-order valence-electron chi connectivity index (χ2n) is 6.28. The minimum absolute atomic E-state index is 0.0509. The topological polar surface area (TPSA) is 97.1 Å². The molecule has 0 unspecified atom stereocenters. The minimum atomic E-state index is -0.907. The predicted octanol–water partition coefficient (Wildman–Crippen LogP) is 2.31. The van der Waals surface area contributed by atoms with Crippen molar-refractivity contribution in [2.45, 2.75) is 26.7 Å². The monoisotopic (exact) mass is 316 g/mol. The highest BCUT2D eigenvalue weighted by Gasteiger charge is 2.25. The number of hydrogen-bond acceptors (Lipinski definition) is 4. The minimum Gasteiger partial charge on any atom is -0.481 e. The summed E-state index contributed by atoms with van der Waals surface area (Å²) in [5.41, 5.74) is 0.920. The maximum absolute atomic E-state index is 12.0. The zero-order valence-electron chi connectivity index (χ0n) is 13.4. The normalized spacial score (nSPS) is 11.3. The van der Waals surface area contributed by atoms with Crippen LogP contribution in [0.5, 0.6) is 0 Å².